The zero-order chi connectivity index (χ0) is 11.8. The summed E-state index contributed by atoms with van der Waals surface area (Å²) in [4.78, 5) is 4.89. The van der Waals surface area contributed by atoms with Crippen molar-refractivity contribution in [1.29, 1.82) is 0 Å². The van der Waals surface area contributed by atoms with Crippen molar-refractivity contribution in [3.63, 3.8) is 0 Å². The Labute approximate surface area is 93.9 Å². The average molecular weight is 226 g/mol. The van der Waals surface area contributed by atoms with Crippen LogP contribution < -0.4 is 0 Å². The van der Waals surface area contributed by atoms with E-state index >= 15 is 0 Å². The van der Waals surface area contributed by atoms with Crippen LogP contribution in [0.15, 0.2) is 29.4 Å². The van der Waals surface area contributed by atoms with Gasteiger partial charge in [-0.15, -0.1) is 0 Å². The fourth-order valence-corrected chi connectivity index (χ4v) is 1.18. The Morgan fingerprint density at radius 3 is 2.81 bits per heavy atom. The number of hydrogen-bond donors (Lipinski definition) is 0. The average Bonchev–Trinajstić information content (AvgIpc) is 2.29. The van der Waals surface area contributed by atoms with Crippen LogP contribution in [0.2, 0.25) is 0 Å². The normalized spacial score (nSPS) is 11.2. The van der Waals surface area contributed by atoms with Crippen LogP contribution in [0.3, 0.4) is 0 Å². The first-order valence-electron chi connectivity index (χ1n) is 5.16. The zero-order valence-corrected chi connectivity index (χ0v) is 9.12. The van der Waals surface area contributed by atoms with E-state index in [9.17, 15) is 8.78 Å². The number of nitrogens with zero attached hydrogens (tertiary/aromatic N) is 1. The van der Waals surface area contributed by atoms with Crippen molar-refractivity contribution in [1.82, 2.24) is 0 Å². The third-order valence-corrected chi connectivity index (χ3v) is 2.00. The summed E-state index contributed by atoms with van der Waals surface area (Å²) < 4.78 is 25.1. The monoisotopic (exact) mass is 226 g/mol. The van der Waals surface area contributed by atoms with Gasteiger partial charge in [-0.2, -0.15) is 0 Å². The van der Waals surface area contributed by atoms with E-state index in [0.29, 0.717) is 12.0 Å². The fraction of sp³-hybridized carbons (Fsp3) is 0.417. The molecule has 0 atom stereocenters. The van der Waals surface area contributed by atoms with Crippen molar-refractivity contribution in [2.24, 2.45) is 5.16 Å². The van der Waals surface area contributed by atoms with Crippen molar-refractivity contribution in [3.8, 4) is 0 Å². The first-order chi connectivity index (χ1) is 7.75. The fourth-order valence-electron chi connectivity index (χ4n) is 1.18. The van der Waals surface area contributed by atoms with Crippen LogP contribution in [0, 0.1) is 0 Å². The molecule has 1 aromatic carbocycles. The predicted molar refractivity (Wildman–Crippen MR) is 58.5 cm³/mol. The Morgan fingerprint density at radius 1 is 1.38 bits per heavy atom. The molecule has 0 amide bonds. The second-order valence-electron chi connectivity index (χ2n) is 3.27. The number of benzene rings is 1. The summed E-state index contributed by atoms with van der Waals surface area (Å²) in [6.45, 7) is 2.05. The molecule has 4 heteroatoms. The van der Waals surface area contributed by atoms with Gasteiger partial charge in [-0.1, -0.05) is 42.8 Å². The summed E-state index contributed by atoms with van der Waals surface area (Å²) in [7, 11) is 0. The molecule has 0 aromatic heterocycles. The van der Waals surface area contributed by atoms with Gasteiger partial charge in [-0.3, -0.25) is 0 Å². The molecule has 1 aromatic rings. The van der Waals surface area contributed by atoms with Gasteiger partial charge in [0.1, 0.15) is 12.8 Å². The number of rotatable bonds is 6. The lowest BCUT2D eigenvalue weighted by molar-refractivity contribution is 0.119. The van der Waals surface area contributed by atoms with E-state index in [0.717, 1.165) is 6.42 Å². The summed E-state index contributed by atoms with van der Waals surface area (Å²) >= 11 is 0. The molecule has 0 spiro atoms. The van der Waals surface area contributed by atoms with Crippen molar-refractivity contribution >= 4 is 6.21 Å². The Bertz CT molecular complexity index is 340. The molecule has 0 saturated heterocycles. The van der Waals surface area contributed by atoms with Gasteiger partial charge < -0.3 is 4.84 Å². The van der Waals surface area contributed by atoms with E-state index in [-0.39, 0.29) is 12.2 Å². The van der Waals surface area contributed by atoms with Gasteiger partial charge in [0, 0.05) is 11.1 Å². The largest absolute Gasteiger partial charge is 0.391 e. The zero-order valence-electron chi connectivity index (χ0n) is 9.12. The van der Waals surface area contributed by atoms with E-state index < -0.39 is 6.43 Å². The Morgan fingerprint density at radius 2 is 2.12 bits per heavy atom. The van der Waals surface area contributed by atoms with Crippen molar-refractivity contribution in [2.75, 3.05) is 0 Å². The molecule has 87 valence electrons. The first kappa shape index (κ1) is 12.6. The van der Waals surface area contributed by atoms with Crippen LogP contribution in [-0.2, 0) is 11.4 Å². The number of halogens is 2. The van der Waals surface area contributed by atoms with Crippen LogP contribution in [0.25, 0.3) is 0 Å². The van der Waals surface area contributed by atoms with Crippen LogP contribution >= 0.6 is 0 Å². The molecule has 0 aliphatic heterocycles. The molecule has 0 bridgehead atoms. The van der Waals surface area contributed by atoms with Gasteiger partial charge in [0.15, 0.2) is 0 Å². The molecule has 0 aliphatic rings. The summed E-state index contributed by atoms with van der Waals surface area (Å²) in [5.41, 5.74) is 0.452. The molecule has 0 fully saturated rings. The maximum atomic E-state index is 12.6. The van der Waals surface area contributed by atoms with Crippen molar-refractivity contribution < 1.29 is 13.6 Å². The highest BCUT2D eigenvalue weighted by Crippen LogP contribution is 2.23. The van der Waals surface area contributed by atoms with Gasteiger partial charge in [0.25, 0.3) is 6.43 Å². The Hall–Kier alpha value is -1.45. The van der Waals surface area contributed by atoms with E-state index in [4.69, 9.17) is 4.84 Å². The quantitative estimate of drug-likeness (QED) is 0.534. The summed E-state index contributed by atoms with van der Waals surface area (Å²) in [5, 5.41) is 3.56. The first-order valence-corrected chi connectivity index (χ1v) is 5.16. The molecule has 0 N–H and O–H groups in total. The number of alkyl halides is 2. The lowest BCUT2D eigenvalue weighted by Gasteiger charge is -2.06. The smallest absolute Gasteiger partial charge is 0.264 e. The second-order valence-corrected chi connectivity index (χ2v) is 3.27. The highest BCUT2D eigenvalue weighted by molar-refractivity contribution is 5.55. The number of unbranched alkanes of at least 4 members (excludes halogenated alkanes) is 1. The van der Waals surface area contributed by atoms with Gasteiger partial charge in [-0.25, -0.2) is 8.78 Å². The third-order valence-electron chi connectivity index (χ3n) is 2.00. The van der Waals surface area contributed by atoms with E-state index in [1.807, 2.05) is 6.92 Å². The van der Waals surface area contributed by atoms with E-state index in [2.05, 4.69) is 11.4 Å². The molecule has 0 saturated carbocycles. The molecule has 0 heterocycles. The molecular formula is C12H14F2NO. The lowest BCUT2D eigenvalue weighted by atomic mass is 10.1. The maximum absolute atomic E-state index is 12.6. The van der Waals surface area contributed by atoms with Crippen molar-refractivity contribution in [3.05, 3.63) is 35.4 Å². The Balaban J connectivity index is 2.53. The molecule has 0 aliphatic carbocycles. The van der Waals surface area contributed by atoms with Crippen LogP contribution in [-0.4, -0.2) is 6.21 Å². The van der Waals surface area contributed by atoms with Gasteiger partial charge >= 0.3 is 0 Å². The highest BCUT2D eigenvalue weighted by Gasteiger charge is 2.11. The molecule has 16 heavy (non-hydrogen) atoms. The van der Waals surface area contributed by atoms with Crippen molar-refractivity contribution in [2.45, 2.75) is 32.8 Å². The van der Waals surface area contributed by atoms with Crippen LogP contribution in [0.4, 0.5) is 8.78 Å². The third kappa shape index (κ3) is 3.96. The predicted octanol–water partition coefficient (Wildman–Crippen LogP) is 3.80. The van der Waals surface area contributed by atoms with Crippen LogP contribution in [0.5, 0.6) is 0 Å². The summed E-state index contributed by atoms with van der Waals surface area (Å²) in [5.74, 6) is 0. The minimum absolute atomic E-state index is 0.00630. The molecule has 2 nitrogen and oxygen atoms in total. The number of hydrogen-bond acceptors (Lipinski definition) is 2. The van der Waals surface area contributed by atoms with Gasteiger partial charge in [-0.05, 0) is 6.42 Å². The van der Waals surface area contributed by atoms with Gasteiger partial charge in [0.05, 0.1) is 0 Å². The summed E-state index contributed by atoms with van der Waals surface area (Å²) in [6, 6.07) is 6.28. The molecular weight excluding hydrogens is 212 g/mol. The minimum atomic E-state index is -2.48. The molecule has 0 unspecified atom stereocenters. The SMILES string of the molecule is CCC/[C]=N/OCc1ccccc1C(F)F. The van der Waals surface area contributed by atoms with Crippen LogP contribution in [0.1, 0.15) is 37.3 Å². The van der Waals surface area contributed by atoms with Gasteiger partial charge in [0.2, 0.25) is 0 Å². The van der Waals surface area contributed by atoms with E-state index in [1.54, 1.807) is 18.2 Å². The molecule has 1 rings (SSSR count). The second kappa shape index (κ2) is 6.93. The standard InChI is InChI=1S/C12H14F2NO/c1-2-3-8-15-16-9-10-6-4-5-7-11(10)12(13)14/h4-7,12H,2-3,9H2,1H3. The maximum Gasteiger partial charge on any atom is 0.264 e. The minimum Gasteiger partial charge on any atom is -0.391 e. The lowest BCUT2D eigenvalue weighted by Crippen LogP contribution is -1.95. The Kier molecular flexibility index (Phi) is 5.46. The summed E-state index contributed by atoms with van der Waals surface area (Å²) in [6.07, 6.45) is 1.82. The van der Waals surface area contributed by atoms with E-state index in [1.165, 1.54) is 6.07 Å². The topological polar surface area (TPSA) is 21.6 Å². The molecule has 1 radical (unpaired) electrons. The highest BCUT2D eigenvalue weighted by atomic mass is 19.3.